The van der Waals surface area contributed by atoms with Gasteiger partial charge in [0, 0.05) is 12.3 Å². The standard InChI is InChI=1S/C31H53O8PSi/c1-10-35-40(34,36-11-2)20-29(33)38-27-17-21(3)16-23-13-12-22(4)26(30(23)27)15-14-24-18-25(19-28(32)37-24)39-41(8,9)31(5,6)7/h12-13,16,21-22,24-27,30H,10-11,14-15,17-20H2,1-9H3/t21-,22-,24+,25+,26-,27-,30-/m0/s1. The van der Waals surface area contributed by atoms with E-state index in [4.69, 9.17) is 22.9 Å². The van der Waals surface area contributed by atoms with E-state index in [0.717, 1.165) is 12.8 Å². The summed E-state index contributed by atoms with van der Waals surface area (Å²) in [7, 11) is -5.56. The first-order valence-electron chi connectivity index (χ1n) is 15.4. The van der Waals surface area contributed by atoms with E-state index in [0.29, 0.717) is 19.3 Å². The van der Waals surface area contributed by atoms with Gasteiger partial charge in [0.2, 0.25) is 0 Å². The van der Waals surface area contributed by atoms with Gasteiger partial charge in [0.05, 0.1) is 25.7 Å². The van der Waals surface area contributed by atoms with Crippen LogP contribution in [-0.4, -0.2) is 57.9 Å². The van der Waals surface area contributed by atoms with Crippen LogP contribution in [0.2, 0.25) is 18.1 Å². The minimum atomic E-state index is -3.55. The van der Waals surface area contributed by atoms with Crippen molar-refractivity contribution in [2.75, 3.05) is 19.4 Å². The fraction of sp³-hybridized carbons (Fsp3) is 0.806. The Hall–Kier alpha value is -1.25. The van der Waals surface area contributed by atoms with E-state index in [1.807, 2.05) is 0 Å². The molecule has 8 nitrogen and oxygen atoms in total. The number of carbonyl (C=O) groups is 2. The van der Waals surface area contributed by atoms with Crippen molar-refractivity contribution in [2.24, 2.45) is 23.7 Å². The van der Waals surface area contributed by atoms with Gasteiger partial charge in [0.15, 0.2) is 8.32 Å². The van der Waals surface area contributed by atoms with Gasteiger partial charge in [-0.1, -0.05) is 52.8 Å². The molecule has 2 aliphatic carbocycles. The van der Waals surface area contributed by atoms with Crippen molar-refractivity contribution in [2.45, 2.75) is 117 Å². The molecule has 7 atom stereocenters. The molecule has 3 aliphatic rings. The van der Waals surface area contributed by atoms with Gasteiger partial charge in [-0.05, 0) is 74.6 Å². The molecule has 0 radical (unpaired) electrons. The summed E-state index contributed by atoms with van der Waals surface area (Å²) in [5.41, 5.74) is 1.18. The normalized spacial score (nSPS) is 30.8. The van der Waals surface area contributed by atoms with Gasteiger partial charge in [0.25, 0.3) is 0 Å². The number of ether oxygens (including phenoxy) is 2. The average molecular weight is 613 g/mol. The molecule has 1 saturated heterocycles. The molecule has 3 rings (SSSR count). The maximum Gasteiger partial charge on any atom is 0.341 e. The lowest BCUT2D eigenvalue weighted by atomic mass is 9.65. The van der Waals surface area contributed by atoms with Crippen molar-refractivity contribution < 1.29 is 37.1 Å². The Labute approximate surface area is 248 Å². The Morgan fingerprint density at radius 2 is 1.76 bits per heavy atom. The van der Waals surface area contributed by atoms with E-state index in [2.05, 4.69) is 65.9 Å². The van der Waals surface area contributed by atoms with Crippen LogP contribution >= 0.6 is 7.60 Å². The molecule has 1 aliphatic heterocycles. The number of hydrogen-bond donors (Lipinski definition) is 0. The SMILES string of the molecule is CCOP(=O)(CC(=O)O[C@H]1C[C@@H](C)C=C2C=C[C@H](C)[C@H](CC[C@@H]3C[C@@H](O[Si](C)(C)C(C)(C)C)CC(=O)O3)[C@H]21)OCC. The molecule has 0 amide bonds. The number of hydrogen-bond acceptors (Lipinski definition) is 8. The summed E-state index contributed by atoms with van der Waals surface area (Å²) < 4.78 is 42.1. The molecule has 1 heterocycles. The third-order valence-corrected chi connectivity index (χ3v) is 15.6. The monoisotopic (exact) mass is 612 g/mol. The average Bonchev–Trinajstić information content (AvgIpc) is 2.82. The highest BCUT2D eigenvalue weighted by molar-refractivity contribution is 7.54. The first-order chi connectivity index (χ1) is 19.1. The maximum absolute atomic E-state index is 13.0. The van der Waals surface area contributed by atoms with E-state index >= 15 is 0 Å². The Kier molecular flexibility index (Phi) is 11.7. The molecule has 41 heavy (non-hydrogen) atoms. The molecule has 0 spiro atoms. The summed E-state index contributed by atoms with van der Waals surface area (Å²) in [4.78, 5) is 25.6. The Balaban J connectivity index is 1.72. The van der Waals surface area contributed by atoms with Gasteiger partial charge in [-0.2, -0.15) is 0 Å². The molecule has 0 aromatic rings. The summed E-state index contributed by atoms with van der Waals surface area (Å²) in [5, 5.41) is 0.0695. The largest absolute Gasteiger partial charge is 0.462 e. The second-order valence-electron chi connectivity index (χ2n) is 13.5. The number of rotatable bonds is 12. The summed E-state index contributed by atoms with van der Waals surface area (Å²) in [6, 6.07) is 0. The second-order valence-corrected chi connectivity index (χ2v) is 20.4. The van der Waals surface area contributed by atoms with Crippen LogP contribution in [0.1, 0.15) is 80.6 Å². The van der Waals surface area contributed by atoms with Crippen LogP contribution in [0, 0.1) is 23.7 Å². The van der Waals surface area contributed by atoms with Gasteiger partial charge >= 0.3 is 19.5 Å². The van der Waals surface area contributed by atoms with Gasteiger partial charge in [-0.3, -0.25) is 14.2 Å². The Bertz CT molecular complexity index is 1020. The second kappa shape index (κ2) is 14.0. The zero-order valence-electron chi connectivity index (χ0n) is 26.6. The van der Waals surface area contributed by atoms with Gasteiger partial charge < -0.3 is 22.9 Å². The number of allylic oxidation sites excluding steroid dienone is 3. The molecule has 234 valence electrons. The van der Waals surface area contributed by atoms with E-state index in [1.165, 1.54) is 5.57 Å². The van der Waals surface area contributed by atoms with Crippen molar-refractivity contribution in [1.82, 2.24) is 0 Å². The Morgan fingerprint density at radius 3 is 2.37 bits per heavy atom. The van der Waals surface area contributed by atoms with Crippen LogP contribution in [0.4, 0.5) is 0 Å². The molecule has 0 saturated carbocycles. The fourth-order valence-electron chi connectivity index (χ4n) is 6.19. The minimum absolute atomic E-state index is 0.0206. The van der Waals surface area contributed by atoms with Crippen molar-refractivity contribution in [1.29, 1.82) is 0 Å². The van der Waals surface area contributed by atoms with Crippen LogP contribution in [0.15, 0.2) is 23.8 Å². The summed E-state index contributed by atoms with van der Waals surface area (Å²) in [6.45, 7) is 19.2. The van der Waals surface area contributed by atoms with Crippen LogP contribution in [-0.2, 0) is 37.1 Å². The zero-order valence-corrected chi connectivity index (χ0v) is 28.5. The van der Waals surface area contributed by atoms with E-state index in [-0.39, 0.29) is 66.2 Å². The highest BCUT2D eigenvalue weighted by Gasteiger charge is 2.44. The zero-order chi connectivity index (χ0) is 30.6. The van der Waals surface area contributed by atoms with Crippen molar-refractivity contribution in [3.05, 3.63) is 23.8 Å². The lowest BCUT2D eigenvalue weighted by Crippen LogP contribution is -2.47. The quantitative estimate of drug-likeness (QED) is 0.127. The molecule has 0 aromatic carbocycles. The molecule has 0 N–H and O–H groups in total. The molecular formula is C31H53O8PSi. The minimum Gasteiger partial charge on any atom is -0.462 e. The predicted octanol–water partition coefficient (Wildman–Crippen LogP) is 7.45. The third-order valence-electron chi connectivity index (χ3n) is 9.16. The molecule has 0 aromatic heterocycles. The van der Waals surface area contributed by atoms with Gasteiger partial charge in [-0.15, -0.1) is 0 Å². The van der Waals surface area contributed by atoms with Crippen molar-refractivity contribution in [3.63, 3.8) is 0 Å². The number of fused-ring (bicyclic) bond motifs is 1. The van der Waals surface area contributed by atoms with E-state index in [1.54, 1.807) is 13.8 Å². The first-order valence-corrected chi connectivity index (χ1v) is 20.1. The van der Waals surface area contributed by atoms with E-state index < -0.39 is 28.0 Å². The van der Waals surface area contributed by atoms with Crippen molar-refractivity contribution >= 4 is 27.9 Å². The summed E-state index contributed by atoms with van der Waals surface area (Å²) >= 11 is 0. The summed E-state index contributed by atoms with van der Waals surface area (Å²) in [6.07, 6.45) is 8.92. The topological polar surface area (TPSA) is 97.4 Å². The smallest absolute Gasteiger partial charge is 0.341 e. The van der Waals surface area contributed by atoms with E-state index in [9.17, 15) is 14.2 Å². The van der Waals surface area contributed by atoms with Gasteiger partial charge in [-0.25, -0.2) is 0 Å². The third kappa shape index (κ3) is 9.12. The lowest BCUT2D eigenvalue weighted by molar-refractivity contribution is -0.160. The molecular weight excluding hydrogens is 559 g/mol. The highest BCUT2D eigenvalue weighted by Crippen LogP contribution is 2.49. The molecule has 0 unspecified atom stereocenters. The summed E-state index contributed by atoms with van der Waals surface area (Å²) in [5.74, 6) is 0.00362. The number of esters is 2. The first kappa shape index (κ1) is 34.2. The predicted molar refractivity (Wildman–Crippen MR) is 163 cm³/mol. The molecule has 10 heteroatoms. The number of carbonyl (C=O) groups excluding carboxylic acids is 2. The molecule has 1 fully saturated rings. The lowest BCUT2D eigenvalue weighted by Gasteiger charge is -2.44. The van der Waals surface area contributed by atoms with Crippen LogP contribution in [0.5, 0.6) is 0 Å². The fourth-order valence-corrected chi connectivity index (χ4v) is 8.99. The highest BCUT2D eigenvalue weighted by atomic mass is 31.2. The van der Waals surface area contributed by atoms with Crippen LogP contribution < -0.4 is 0 Å². The van der Waals surface area contributed by atoms with Crippen LogP contribution in [0.25, 0.3) is 0 Å². The number of cyclic esters (lactones) is 1. The molecule has 0 bridgehead atoms. The van der Waals surface area contributed by atoms with Gasteiger partial charge in [0.1, 0.15) is 18.4 Å². The van der Waals surface area contributed by atoms with Crippen molar-refractivity contribution in [3.8, 4) is 0 Å². The van der Waals surface area contributed by atoms with Crippen LogP contribution in [0.3, 0.4) is 0 Å². The Morgan fingerprint density at radius 1 is 1.10 bits per heavy atom. The maximum atomic E-state index is 13.0.